The minimum atomic E-state index is -3.68. The lowest BCUT2D eigenvalue weighted by Gasteiger charge is -2.33. The van der Waals surface area contributed by atoms with E-state index in [-0.39, 0.29) is 10.3 Å². The molecule has 26 heavy (non-hydrogen) atoms. The SMILES string of the molecule is CN(Cc1nccs1)[C@H]1CC12CCN(S(=O)(=O)c1cncc(F)c1)CC2. The van der Waals surface area contributed by atoms with Crippen LogP contribution in [0.2, 0.25) is 0 Å². The van der Waals surface area contributed by atoms with Gasteiger partial charge in [0.05, 0.1) is 12.7 Å². The Hall–Kier alpha value is -1.42. The van der Waals surface area contributed by atoms with Gasteiger partial charge >= 0.3 is 0 Å². The summed E-state index contributed by atoms with van der Waals surface area (Å²) in [6.45, 7) is 1.78. The number of nitrogens with zero attached hydrogens (tertiary/aromatic N) is 4. The standard InChI is InChI=1S/C17H21FN4O2S2/c1-21(12-16-20-4-7-25-16)15-9-17(15)2-5-22(6-3-17)26(23,24)14-8-13(18)10-19-11-14/h4,7-8,10-11,15H,2-3,5-6,9,12H2,1H3/t15-/m0/s1. The number of piperidine rings is 1. The molecule has 2 fully saturated rings. The van der Waals surface area contributed by atoms with Crippen LogP contribution >= 0.6 is 11.3 Å². The maximum atomic E-state index is 13.3. The Kier molecular flexibility index (Phi) is 4.58. The molecular formula is C17H21FN4O2S2. The number of hydrogen-bond donors (Lipinski definition) is 0. The van der Waals surface area contributed by atoms with E-state index in [4.69, 9.17) is 0 Å². The second-order valence-electron chi connectivity index (χ2n) is 7.17. The van der Waals surface area contributed by atoms with Crippen LogP contribution in [0.5, 0.6) is 0 Å². The second-order valence-corrected chi connectivity index (χ2v) is 10.1. The van der Waals surface area contributed by atoms with E-state index in [1.54, 1.807) is 11.3 Å². The summed E-state index contributed by atoms with van der Waals surface area (Å²) in [5, 5.41) is 3.09. The molecule has 0 aromatic carbocycles. The highest BCUT2D eigenvalue weighted by molar-refractivity contribution is 7.89. The van der Waals surface area contributed by atoms with Gasteiger partial charge in [0.1, 0.15) is 15.7 Å². The van der Waals surface area contributed by atoms with Crippen LogP contribution in [0.4, 0.5) is 4.39 Å². The van der Waals surface area contributed by atoms with Crippen molar-refractivity contribution in [2.24, 2.45) is 5.41 Å². The lowest BCUT2D eigenvalue weighted by molar-refractivity contribution is 0.196. The van der Waals surface area contributed by atoms with E-state index < -0.39 is 15.8 Å². The van der Waals surface area contributed by atoms with Crippen LogP contribution in [0.1, 0.15) is 24.3 Å². The Labute approximate surface area is 156 Å². The van der Waals surface area contributed by atoms with Gasteiger partial charge < -0.3 is 0 Å². The Morgan fingerprint density at radius 3 is 2.81 bits per heavy atom. The Balaban J connectivity index is 1.39. The number of sulfonamides is 1. The quantitative estimate of drug-likeness (QED) is 0.776. The predicted octanol–water partition coefficient (Wildman–Crippen LogP) is 2.35. The Morgan fingerprint density at radius 2 is 2.15 bits per heavy atom. The molecule has 1 saturated heterocycles. The molecule has 6 nitrogen and oxygen atoms in total. The summed E-state index contributed by atoms with van der Waals surface area (Å²) < 4.78 is 40.2. The van der Waals surface area contributed by atoms with Crippen LogP contribution in [-0.2, 0) is 16.6 Å². The number of aromatic nitrogens is 2. The van der Waals surface area contributed by atoms with E-state index in [2.05, 4.69) is 21.9 Å². The zero-order chi connectivity index (χ0) is 18.4. The van der Waals surface area contributed by atoms with Crippen LogP contribution in [0.15, 0.2) is 34.9 Å². The average molecular weight is 397 g/mol. The third-order valence-electron chi connectivity index (χ3n) is 5.58. The molecule has 1 spiro atoms. The molecule has 1 aliphatic heterocycles. The summed E-state index contributed by atoms with van der Waals surface area (Å²) in [4.78, 5) is 10.3. The predicted molar refractivity (Wildman–Crippen MR) is 96.6 cm³/mol. The van der Waals surface area contributed by atoms with E-state index >= 15 is 0 Å². The van der Waals surface area contributed by atoms with Crippen LogP contribution in [-0.4, -0.2) is 53.8 Å². The lowest BCUT2D eigenvalue weighted by atomic mass is 9.93. The molecule has 0 unspecified atom stereocenters. The highest BCUT2D eigenvalue weighted by Gasteiger charge is 2.57. The van der Waals surface area contributed by atoms with Gasteiger partial charge in [-0.3, -0.25) is 9.88 Å². The third kappa shape index (κ3) is 3.28. The van der Waals surface area contributed by atoms with Crippen molar-refractivity contribution in [3.05, 3.63) is 40.9 Å². The fraction of sp³-hybridized carbons (Fsp3) is 0.529. The molecule has 3 heterocycles. The van der Waals surface area contributed by atoms with Gasteiger partial charge in [-0.2, -0.15) is 4.31 Å². The molecule has 1 saturated carbocycles. The van der Waals surface area contributed by atoms with Crippen LogP contribution in [0.3, 0.4) is 0 Å². The van der Waals surface area contributed by atoms with E-state index in [1.165, 1.54) is 10.5 Å². The molecule has 4 rings (SSSR count). The van der Waals surface area contributed by atoms with E-state index in [0.717, 1.165) is 43.1 Å². The molecule has 9 heteroatoms. The number of pyridine rings is 1. The van der Waals surface area contributed by atoms with E-state index in [1.807, 2.05) is 11.6 Å². The van der Waals surface area contributed by atoms with Gasteiger partial charge in [-0.15, -0.1) is 11.3 Å². The molecule has 2 aromatic heterocycles. The summed E-state index contributed by atoms with van der Waals surface area (Å²) in [6, 6.07) is 1.51. The van der Waals surface area contributed by atoms with Gasteiger partial charge in [-0.05, 0) is 37.8 Å². The normalized spacial score (nSPS) is 22.8. The summed E-state index contributed by atoms with van der Waals surface area (Å²) in [7, 11) is -1.56. The fourth-order valence-electron chi connectivity index (χ4n) is 4.00. The molecule has 0 bridgehead atoms. The summed E-state index contributed by atoms with van der Waals surface area (Å²) >= 11 is 1.66. The molecular weight excluding hydrogens is 375 g/mol. The molecule has 1 aliphatic carbocycles. The first-order chi connectivity index (χ1) is 12.4. The third-order valence-corrected chi connectivity index (χ3v) is 8.21. The first-order valence-corrected chi connectivity index (χ1v) is 10.9. The van der Waals surface area contributed by atoms with Crippen molar-refractivity contribution in [2.45, 2.75) is 36.7 Å². The molecule has 0 amide bonds. The minimum absolute atomic E-state index is 0.0679. The van der Waals surface area contributed by atoms with Gasteiger partial charge in [0.2, 0.25) is 10.0 Å². The summed E-state index contributed by atoms with van der Waals surface area (Å²) in [5.74, 6) is -0.634. The van der Waals surface area contributed by atoms with Gasteiger partial charge in [-0.25, -0.2) is 17.8 Å². The topological polar surface area (TPSA) is 66.4 Å². The van der Waals surface area contributed by atoms with Crippen LogP contribution in [0.25, 0.3) is 0 Å². The smallest absolute Gasteiger partial charge is 0.244 e. The van der Waals surface area contributed by atoms with Crippen molar-refractivity contribution in [2.75, 3.05) is 20.1 Å². The second kappa shape index (κ2) is 6.63. The van der Waals surface area contributed by atoms with Crippen molar-refractivity contribution in [3.63, 3.8) is 0 Å². The summed E-state index contributed by atoms with van der Waals surface area (Å²) in [5.41, 5.74) is 0.207. The van der Waals surface area contributed by atoms with Crippen molar-refractivity contribution in [1.29, 1.82) is 0 Å². The summed E-state index contributed by atoms with van der Waals surface area (Å²) in [6.07, 6.45) is 6.82. The maximum absolute atomic E-state index is 13.3. The maximum Gasteiger partial charge on any atom is 0.244 e. The molecule has 2 aliphatic rings. The first kappa shape index (κ1) is 18.0. The van der Waals surface area contributed by atoms with Gasteiger partial charge in [-0.1, -0.05) is 0 Å². The van der Waals surface area contributed by atoms with Gasteiger partial charge in [0, 0.05) is 36.9 Å². The van der Waals surface area contributed by atoms with E-state index in [9.17, 15) is 12.8 Å². The zero-order valence-electron chi connectivity index (χ0n) is 14.5. The number of thiazole rings is 1. The largest absolute Gasteiger partial charge is 0.296 e. The van der Waals surface area contributed by atoms with Crippen LogP contribution < -0.4 is 0 Å². The van der Waals surface area contributed by atoms with Gasteiger partial charge in [0.15, 0.2) is 0 Å². The van der Waals surface area contributed by atoms with Crippen LogP contribution in [0, 0.1) is 11.2 Å². The first-order valence-electron chi connectivity index (χ1n) is 8.60. The molecule has 1 atom stereocenters. The minimum Gasteiger partial charge on any atom is -0.296 e. The molecule has 140 valence electrons. The monoisotopic (exact) mass is 396 g/mol. The Bertz CT molecular complexity index is 880. The lowest BCUT2D eigenvalue weighted by Crippen LogP contribution is -2.41. The molecule has 0 radical (unpaired) electrons. The Morgan fingerprint density at radius 1 is 1.38 bits per heavy atom. The van der Waals surface area contributed by atoms with Crippen molar-refractivity contribution in [1.82, 2.24) is 19.2 Å². The van der Waals surface area contributed by atoms with Crippen molar-refractivity contribution in [3.8, 4) is 0 Å². The molecule has 2 aromatic rings. The number of halogens is 1. The highest BCUT2D eigenvalue weighted by atomic mass is 32.2. The number of hydrogen-bond acceptors (Lipinski definition) is 6. The highest BCUT2D eigenvalue weighted by Crippen LogP contribution is 2.56. The molecule has 0 N–H and O–H groups in total. The zero-order valence-corrected chi connectivity index (χ0v) is 16.1. The van der Waals surface area contributed by atoms with E-state index in [0.29, 0.717) is 19.1 Å². The van der Waals surface area contributed by atoms with Gasteiger partial charge in [0.25, 0.3) is 0 Å². The van der Waals surface area contributed by atoms with Crippen molar-refractivity contribution >= 4 is 21.4 Å². The average Bonchev–Trinajstić information content (AvgIpc) is 3.07. The van der Waals surface area contributed by atoms with Crippen molar-refractivity contribution < 1.29 is 12.8 Å². The number of rotatable bonds is 5. The fourth-order valence-corrected chi connectivity index (χ4v) is 6.09.